The lowest BCUT2D eigenvalue weighted by atomic mass is 9.80. The van der Waals surface area contributed by atoms with Gasteiger partial charge in [-0.2, -0.15) is 5.10 Å². The van der Waals surface area contributed by atoms with Gasteiger partial charge in [-0.15, -0.1) is 0 Å². The van der Waals surface area contributed by atoms with Crippen molar-refractivity contribution < 1.29 is 10.2 Å². The average Bonchev–Trinajstić information content (AvgIpc) is 3.29. The van der Waals surface area contributed by atoms with Crippen LogP contribution in [0.4, 0.5) is 11.6 Å². The van der Waals surface area contributed by atoms with Gasteiger partial charge in [0.05, 0.1) is 22.2 Å². The molecule has 4 aromatic rings. The lowest BCUT2D eigenvalue weighted by Gasteiger charge is -2.28. The van der Waals surface area contributed by atoms with Gasteiger partial charge < -0.3 is 21.7 Å². The van der Waals surface area contributed by atoms with Gasteiger partial charge in [-0.05, 0) is 70.4 Å². The Labute approximate surface area is 193 Å². The number of aliphatic hydroxyl groups is 2. The van der Waals surface area contributed by atoms with Gasteiger partial charge in [0.25, 0.3) is 0 Å². The molecule has 4 atom stereocenters. The second-order valence-electron chi connectivity index (χ2n) is 8.98. The van der Waals surface area contributed by atoms with Crippen molar-refractivity contribution in [1.82, 2.24) is 19.6 Å². The molecule has 3 aromatic heterocycles. The molecule has 8 nitrogen and oxygen atoms in total. The summed E-state index contributed by atoms with van der Waals surface area (Å²) in [5.74, 6) is 0.601. The molecule has 0 unspecified atom stereocenters. The van der Waals surface area contributed by atoms with Crippen molar-refractivity contribution in [3.8, 4) is 0 Å². The summed E-state index contributed by atoms with van der Waals surface area (Å²) in [4.78, 5) is 8.48. The first-order valence-corrected chi connectivity index (χ1v) is 11.3. The van der Waals surface area contributed by atoms with E-state index in [1.165, 1.54) is 6.33 Å². The van der Waals surface area contributed by atoms with Crippen LogP contribution in [0.5, 0.6) is 0 Å². The quantitative estimate of drug-likeness (QED) is 0.340. The molecule has 32 heavy (non-hydrogen) atoms. The Hall–Kier alpha value is -2.75. The lowest BCUT2D eigenvalue weighted by molar-refractivity contribution is -0.0204. The molecule has 0 aliphatic heterocycles. The van der Waals surface area contributed by atoms with Crippen molar-refractivity contribution in [1.29, 1.82) is 0 Å². The molecule has 9 heteroatoms. The van der Waals surface area contributed by atoms with E-state index in [1.807, 2.05) is 37.3 Å². The van der Waals surface area contributed by atoms with Crippen molar-refractivity contribution in [3.63, 3.8) is 0 Å². The Balaban J connectivity index is 1.38. The monoisotopic (exact) mass is 496 g/mol. The number of halogens is 1. The first-order valence-electron chi connectivity index (χ1n) is 10.6. The second-order valence-corrected chi connectivity index (χ2v) is 9.84. The highest BCUT2D eigenvalue weighted by Crippen LogP contribution is 2.49. The first-order chi connectivity index (χ1) is 15.3. The number of hydrogen-bond donors (Lipinski definition) is 4. The zero-order chi connectivity index (χ0) is 22.6. The summed E-state index contributed by atoms with van der Waals surface area (Å²) in [7, 11) is 0. The number of benzene rings is 1. The molecule has 0 bridgehead atoms. The number of aliphatic hydroxyl groups excluding tert-OH is 2. The third kappa shape index (κ3) is 3.41. The van der Waals surface area contributed by atoms with Crippen LogP contribution in [0.25, 0.3) is 16.4 Å². The molecule has 1 aliphatic carbocycles. The van der Waals surface area contributed by atoms with Gasteiger partial charge in [-0.3, -0.25) is 0 Å². The molecular formula is C23H25BrN6O2. The first kappa shape index (κ1) is 21.1. The van der Waals surface area contributed by atoms with Crippen LogP contribution in [0, 0.1) is 5.41 Å². The van der Waals surface area contributed by atoms with E-state index in [2.05, 4.69) is 37.1 Å². The third-order valence-electron chi connectivity index (χ3n) is 6.87. The van der Waals surface area contributed by atoms with Crippen LogP contribution in [-0.2, 0) is 6.42 Å². The molecule has 6 N–H and O–H groups in total. The summed E-state index contributed by atoms with van der Waals surface area (Å²) < 4.78 is 2.50. The molecule has 0 saturated heterocycles. The van der Waals surface area contributed by atoms with Crippen molar-refractivity contribution in [3.05, 3.63) is 58.5 Å². The highest BCUT2D eigenvalue weighted by Gasteiger charge is 2.50. The van der Waals surface area contributed by atoms with Crippen LogP contribution >= 0.6 is 15.9 Å². The number of pyridine rings is 1. The van der Waals surface area contributed by atoms with Crippen LogP contribution in [0.1, 0.15) is 36.9 Å². The van der Waals surface area contributed by atoms with Gasteiger partial charge >= 0.3 is 0 Å². The number of rotatable bonds is 4. The minimum Gasteiger partial charge on any atom is -0.390 e. The molecule has 1 aliphatic rings. The minimum atomic E-state index is -0.885. The van der Waals surface area contributed by atoms with Crippen LogP contribution in [0.3, 0.4) is 0 Å². The number of hydrogen-bond acceptors (Lipinski definition) is 7. The number of aryl methyl sites for hydroxylation is 1. The van der Waals surface area contributed by atoms with Gasteiger partial charge in [0, 0.05) is 17.0 Å². The van der Waals surface area contributed by atoms with Gasteiger partial charge in [-0.1, -0.05) is 19.1 Å². The summed E-state index contributed by atoms with van der Waals surface area (Å²) >= 11 is 3.41. The second kappa shape index (κ2) is 7.68. The number of nitrogens with zero attached hydrogens (tertiary/aromatic N) is 4. The van der Waals surface area contributed by atoms with Gasteiger partial charge in [0.1, 0.15) is 17.7 Å². The SMILES string of the molecule is C[C@]1(CCc2ccc3cc(Br)c(N)nc3c2)C[C@@H](c2ccc3c(N)ncnn23)[C@H](O)[C@@H]1O. The Morgan fingerprint density at radius 3 is 2.78 bits per heavy atom. The van der Waals surface area contributed by atoms with Crippen molar-refractivity contribution in [2.75, 3.05) is 11.5 Å². The maximum absolute atomic E-state index is 11.0. The molecule has 0 spiro atoms. The summed E-state index contributed by atoms with van der Waals surface area (Å²) in [6.07, 6.45) is 1.79. The highest BCUT2D eigenvalue weighted by molar-refractivity contribution is 9.10. The van der Waals surface area contributed by atoms with Crippen molar-refractivity contribution >= 4 is 44.0 Å². The molecule has 0 amide bonds. The van der Waals surface area contributed by atoms with Gasteiger partial charge in [0.2, 0.25) is 0 Å². The standard InChI is InChI=1S/C23H25BrN6O2/c1-23(7-6-12-2-3-13-9-15(24)21(25)29-16(13)8-12)10-14(19(31)20(23)32)17-4-5-18-22(26)27-11-28-30(17)18/h2-5,8-9,11,14,19-20,31-32H,6-7,10H2,1H3,(H2,25,29)(H2,26,27,28)/t14-,19-,20-,23-/m0/s1. The smallest absolute Gasteiger partial charge is 0.151 e. The summed E-state index contributed by atoms with van der Waals surface area (Å²) in [6.45, 7) is 2.04. The zero-order valence-corrected chi connectivity index (χ0v) is 19.2. The molecule has 5 rings (SSSR count). The van der Waals surface area contributed by atoms with Crippen molar-refractivity contribution in [2.24, 2.45) is 5.41 Å². The van der Waals surface area contributed by atoms with E-state index < -0.39 is 17.6 Å². The van der Waals surface area contributed by atoms with Crippen molar-refractivity contribution in [2.45, 2.75) is 44.3 Å². The van der Waals surface area contributed by atoms with E-state index in [-0.39, 0.29) is 5.92 Å². The van der Waals surface area contributed by atoms with Crippen LogP contribution < -0.4 is 11.5 Å². The maximum atomic E-state index is 11.0. The molecule has 3 heterocycles. The van der Waals surface area contributed by atoms with E-state index in [0.717, 1.165) is 39.5 Å². The van der Waals surface area contributed by atoms with E-state index in [4.69, 9.17) is 11.5 Å². The molecule has 0 radical (unpaired) electrons. The number of nitrogens with two attached hydrogens (primary N) is 2. The number of aromatic nitrogens is 4. The van der Waals surface area contributed by atoms with E-state index in [0.29, 0.717) is 23.6 Å². The van der Waals surface area contributed by atoms with Gasteiger partial charge in [0.15, 0.2) is 5.82 Å². The lowest BCUT2D eigenvalue weighted by Crippen LogP contribution is -2.34. The van der Waals surface area contributed by atoms with Crippen LogP contribution in [0.15, 0.2) is 47.2 Å². The molecular weight excluding hydrogens is 472 g/mol. The highest BCUT2D eigenvalue weighted by atomic mass is 79.9. The Morgan fingerprint density at radius 1 is 1.16 bits per heavy atom. The predicted molar refractivity (Wildman–Crippen MR) is 127 cm³/mol. The predicted octanol–water partition coefficient (Wildman–Crippen LogP) is 3.05. The summed E-state index contributed by atoms with van der Waals surface area (Å²) in [5.41, 5.74) is 14.9. The molecule has 166 valence electrons. The summed E-state index contributed by atoms with van der Waals surface area (Å²) in [6, 6.07) is 11.9. The van der Waals surface area contributed by atoms with E-state index >= 15 is 0 Å². The van der Waals surface area contributed by atoms with E-state index in [9.17, 15) is 10.2 Å². The fraction of sp³-hybridized carbons (Fsp3) is 0.348. The van der Waals surface area contributed by atoms with E-state index in [1.54, 1.807) is 4.52 Å². The molecule has 1 saturated carbocycles. The Morgan fingerprint density at radius 2 is 1.97 bits per heavy atom. The zero-order valence-electron chi connectivity index (χ0n) is 17.6. The normalized spacial score (nSPS) is 25.7. The third-order valence-corrected chi connectivity index (χ3v) is 7.51. The Kier molecular flexibility index (Phi) is 5.07. The molecule has 1 fully saturated rings. The minimum absolute atomic E-state index is 0.248. The maximum Gasteiger partial charge on any atom is 0.151 e. The summed E-state index contributed by atoms with van der Waals surface area (Å²) in [5, 5.41) is 27.2. The fourth-order valence-electron chi connectivity index (χ4n) is 4.95. The largest absolute Gasteiger partial charge is 0.390 e. The topological polar surface area (TPSA) is 136 Å². The number of fused-ring (bicyclic) bond motifs is 2. The number of anilines is 2. The van der Waals surface area contributed by atoms with Gasteiger partial charge in [-0.25, -0.2) is 14.5 Å². The Bertz CT molecular complexity index is 1320. The average molecular weight is 497 g/mol. The molecule has 1 aromatic carbocycles. The van der Waals surface area contributed by atoms with Crippen LogP contribution in [0.2, 0.25) is 0 Å². The van der Waals surface area contributed by atoms with Crippen LogP contribution in [-0.4, -0.2) is 42.0 Å². The fourth-order valence-corrected chi connectivity index (χ4v) is 5.28. The number of nitrogen functional groups attached to an aromatic ring is 2.